The van der Waals surface area contributed by atoms with Crippen molar-refractivity contribution in [1.29, 1.82) is 0 Å². The Balaban J connectivity index is 2.52. The molecule has 2 amide bonds. The summed E-state index contributed by atoms with van der Waals surface area (Å²) >= 11 is 11.0. The molecule has 3 N–H and O–H groups in total. The van der Waals surface area contributed by atoms with E-state index in [1.54, 1.807) is 23.1 Å². The Morgan fingerprint density at radius 1 is 1.55 bits per heavy atom. The minimum Gasteiger partial charge on any atom is -0.389 e. The third-order valence-electron chi connectivity index (χ3n) is 3.18. The Morgan fingerprint density at radius 2 is 2.25 bits per heavy atom. The quantitative estimate of drug-likeness (QED) is 0.648. The summed E-state index contributed by atoms with van der Waals surface area (Å²) in [6.07, 6.45) is 0.558. The zero-order valence-electron chi connectivity index (χ0n) is 10.9. The number of hydrogen-bond acceptors (Lipinski definition) is 4. The first kappa shape index (κ1) is 14.7. The second-order valence-electron chi connectivity index (χ2n) is 4.49. The van der Waals surface area contributed by atoms with Gasteiger partial charge < -0.3 is 10.6 Å². The first-order chi connectivity index (χ1) is 9.43. The van der Waals surface area contributed by atoms with Gasteiger partial charge in [-0.1, -0.05) is 30.7 Å². The number of imide groups is 1. The smallest absolute Gasteiger partial charge is 0.249 e. The van der Waals surface area contributed by atoms with Gasteiger partial charge in [0.05, 0.1) is 6.54 Å². The standard InChI is InChI=1S/C13H14ClN3O2S/c1-2-9-13(19)16-11(18)6-17(9)10-5-7(14)3-4-8(10)12(15)20/h3-5,9H,2,6H2,1H3,(H2,15,20)(H,16,18,19). The summed E-state index contributed by atoms with van der Waals surface area (Å²) in [6.45, 7) is 1.94. The minimum atomic E-state index is -0.445. The second-order valence-corrected chi connectivity index (χ2v) is 5.37. The van der Waals surface area contributed by atoms with Crippen LogP contribution in [0.3, 0.4) is 0 Å². The largest absolute Gasteiger partial charge is 0.389 e. The van der Waals surface area contributed by atoms with Crippen LogP contribution in [0.5, 0.6) is 0 Å². The third kappa shape index (κ3) is 2.76. The van der Waals surface area contributed by atoms with Crippen LogP contribution in [0.4, 0.5) is 5.69 Å². The molecule has 106 valence electrons. The molecule has 1 unspecified atom stereocenters. The highest BCUT2D eigenvalue weighted by Gasteiger charge is 2.33. The van der Waals surface area contributed by atoms with Crippen LogP contribution < -0.4 is 16.0 Å². The third-order valence-corrected chi connectivity index (χ3v) is 3.63. The number of piperazine rings is 1. The summed E-state index contributed by atoms with van der Waals surface area (Å²) in [7, 11) is 0. The molecule has 2 rings (SSSR count). The van der Waals surface area contributed by atoms with Crippen molar-refractivity contribution in [1.82, 2.24) is 5.32 Å². The first-order valence-corrected chi connectivity index (χ1v) is 6.92. The van der Waals surface area contributed by atoms with Gasteiger partial charge in [0.1, 0.15) is 11.0 Å². The SMILES string of the molecule is CCC1C(=O)NC(=O)CN1c1cc(Cl)ccc1C(N)=S. The van der Waals surface area contributed by atoms with E-state index in [2.05, 4.69) is 5.32 Å². The average Bonchev–Trinajstić information content (AvgIpc) is 2.37. The van der Waals surface area contributed by atoms with E-state index in [1.807, 2.05) is 6.92 Å². The monoisotopic (exact) mass is 311 g/mol. The highest BCUT2D eigenvalue weighted by Crippen LogP contribution is 2.28. The van der Waals surface area contributed by atoms with E-state index < -0.39 is 6.04 Å². The lowest BCUT2D eigenvalue weighted by atomic mass is 10.1. The molecule has 1 fully saturated rings. The van der Waals surface area contributed by atoms with Gasteiger partial charge in [0.15, 0.2) is 0 Å². The molecule has 1 aliphatic rings. The van der Waals surface area contributed by atoms with Crippen LogP contribution in [-0.2, 0) is 9.59 Å². The first-order valence-electron chi connectivity index (χ1n) is 6.13. The lowest BCUT2D eigenvalue weighted by molar-refractivity contribution is -0.132. The molecular formula is C13H14ClN3O2S. The summed E-state index contributed by atoms with van der Waals surface area (Å²) in [6, 6.07) is 4.60. The number of thiocarbonyl (C=S) groups is 1. The van der Waals surface area contributed by atoms with Crippen LogP contribution in [0.1, 0.15) is 18.9 Å². The average molecular weight is 312 g/mol. The van der Waals surface area contributed by atoms with Crippen LogP contribution in [0.25, 0.3) is 0 Å². The Labute approximate surface area is 127 Å². The van der Waals surface area contributed by atoms with E-state index >= 15 is 0 Å². The maximum Gasteiger partial charge on any atom is 0.249 e. The normalized spacial score (nSPS) is 18.9. The number of carbonyl (C=O) groups excluding carboxylic acids is 2. The van der Waals surface area contributed by atoms with Gasteiger partial charge in [-0.25, -0.2) is 0 Å². The molecule has 1 aromatic carbocycles. The molecule has 0 radical (unpaired) electrons. The molecular weight excluding hydrogens is 298 g/mol. The van der Waals surface area contributed by atoms with E-state index in [-0.39, 0.29) is 23.3 Å². The van der Waals surface area contributed by atoms with Crippen molar-refractivity contribution in [3.8, 4) is 0 Å². The molecule has 1 aliphatic heterocycles. The van der Waals surface area contributed by atoms with Crippen molar-refractivity contribution < 1.29 is 9.59 Å². The highest BCUT2D eigenvalue weighted by atomic mass is 35.5. The van der Waals surface area contributed by atoms with E-state index in [1.165, 1.54) is 0 Å². The predicted octanol–water partition coefficient (Wildman–Crippen LogP) is 1.22. The molecule has 5 nitrogen and oxygen atoms in total. The Morgan fingerprint density at radius 3 is 2.85 bits per heavy atom. The fourth-order valence-electron chi connectivity index (χ4n) is 2.28. The number of nitrogens with one attached hydrogen (secondary N) is 1. The lowest BCUT2D eigenvalue weighted by Crippen LogP contribution is -2.58. The summed E-state index contributed by atoms with van der Waals surface area (Å²) in [5, 5.41) is 2.82. The van der Waals surface area contributed by atoms with Crippen molar-refractivity contribution in [3.05, 3.63) is 28.8 Å². The van der Waals surface area contributed by atoms with Crippen molar-refractivity contribution in [2.75, 3.05) is 11.4 Å². The van der Waals surface area contributed by atoms with Gasteiger partial charge in [-0.15, -0.1) is 0 Å². The molecule has 1 saturated heterocycles. The maximum absolute atomic E-state index is 11.9. The van der Waals surface area contributed by atoms with Crippen molar-refractivity contribution in [3.63, 3.8) is 0 Å². The van der Waals surface area contributed by atoms with E-state index in [0.717, 1.165) is 0 Å². The minimum absolute atomic E-state index is 0.0696. The van der Waals surface area contributed by atoms with Crippen LogP contribution in [0, 0.1) is 0 Å². The molecule has 0 aromatic heterocycles. The summed E-state index contributed by atoms with van der Waals surface area (Å²) in [5.41, 5.74) is 6.92. The lowest BCUT2D eigenvalue weighted by Gasteiger charge is -2.36. The second kappa shape index (κ2) is 5.76. The van der Waals surface area contributed by atoms with E-state index in [4.69, 9.17) is 29.6 Å². The number of carbonyl (C=O) groups is 2. The molecule has 0 aliphatic carbocycles. The summed E-state index contributed by atoms with van der Waals surface area (Å²) < 4.78 is 0. The van der Waals surface area contributed by atoms with Crippen molar-refractivity contribution >= 4 is 46.3 Å². The predicted molar refractivity (Wildman–Crippen MR) is 81.9 cm³/mol. The van der Waals surface area contributed by atoms with Crippen molar-refractivity contribution in [2.45, 2.75) is 19.4 Å². The molecule has 0 bridgehead atoms. The molecule has 0 spiro atoms. The van der Waals surface area contributed by atoms with Crippen LogP contribution in [0.15, 0.2) is 18.2 Å². The maximum atomic E-state index is 11.9. The fraction of sp³-hybridized carbons (Fsp3) is 0.308. The number of nitrogens with zero attached hydrogens (tertiary/aromatic N) is 1. The van der Waals surface area contributed by atoms with Gasteiger partial charge in [0, 0.05) is 16.3 Å². The number of anilines is 1. The highest BCUT2D eigenvalue weighted by molar-refractivity contribution is 7.80. The number of hydrogen-bond donors (Lipinski definition) is 2. The summed E-state index contributed by atoms with van der Waals surface area (Å²) in [5.74, 6) is -0.675. The Bertz CT molecular complexity index is 591. The van der Waals surface area contributed by atoms with E-state index in [0.29, 0.717) is 22.7 Å². The molecule has 20 heavy (non-hydrogen) atoms. The molecule has 1 atom stereocenters. The fourth-order valence-corrected chi connectivity index (χ4v) is 2.62. The van der Waals surface area contributed by atoms with Gasteiger partial charge in [-0.05, 0) is 24.6 Å². The molecule has 1 heterocycles. The molecule has 0 saturated carbocycles. The van der Waals surface area contributed by atoms with Gasteiger partial charge in [0.2, 0.25) is 11.8 Å². The Hall–Kier alpha value is -1.66. The summed E-state index contributed by atoms with van der Waals surface area (Å²) in [4.78, 5) is 25.4. The number of benzene rings is 1. The van der Waals surface area contributed by atoms with Gasteiger partial charge in [-0.2, -0.15) is 0 Å². The zero-order valence-corrected chi connectivity index (χ0v) is 12.4. The van der Waals surface area contributed by atoms with Gasteiger partial charge in [0.25, 0.3) is 0 Å². The van der Waals surface area contributed by atoms with Crippen LogP contribution in [0.2, 0.25) is 5.02 Å². The van der Waals surface area contributed by atoms with Gasteiger partial charge >= 0.3 is 0 Å². The van der Waals surface area contributed by atoms with Crippen LogP contribution >= 0.6 is 23.8 Å². The number of nitrogens with two attached hydrogens (primary N) is 1. The number of amides is 2. The molecule has 1 aromatic rings. The van der Waals surface area contributed by atoms with Crippen molar-refractivity contribution in [2.24, 2.45) is 5.73 Å². The molecule has 7 heteroatoms. The Kier molecular flexibility index (Phi) is 4.25. The zero-order chi connectivity index (χ0) is 14.9. The van der Waals surface area contributed by atoms with Gasteiger partial charge in [-0.3, -0.25) is 14.9 Å². The number of halogens is 1. The van der Waals surface area contributed by atoms with E-state index in [9.17, 15) is 9.59 Å². The topological polar surface area (TPSA) is 75.4 Å². The number of rotatable bonds is 3. The van der Waals surface area contributed by atoms with Crippen LogP contribution in [-0.4, -0.2) is 29.4 Å².